The van der Waals surface area contributed by atoms with E-state index < -0.39 is 0 Å². The van der Waals surface area contributed by atoms with E-state index in [0.717, 1.165) is 54.1 Å². The van der Waals surface area contributed by atoms with Crippen molar-refractivity contribution in [3.05, 3.63) is 107 Å². The van der Waals surface area contributed by atoms with Gasteiger partial charge in [-0.15, -0.1) is 0 Å². The summed E-state index contributed by atoms with van der Waals surface area (Å²) in [5.41, 5.74) is 5.63. The molecule has 7 heteroatoms. The van der Waals surface area contributed by atoms with Gasteiger partial charge in [0.1, 0.15) is 12.4 Å². The van der Waals surface area contributed by atoms with Crippen LogP contribution >= 0.6 is 0 Å². The van der Waals surface area contributed by atoms with Crippen LogP contribution in [0.2, 0.25) is 0 Å². The third-order valence-corrected chi connectivity index (χ3v) is 6.89. The van der Waals surface area contributed by atoms with Crippen molar-refractivity contribution < 1.29 is 14.3 Å². The maximum Gasteiger partial charge on any atom is 0.310 e. The highest BCUT2D eigenvalue weighted by atomic mass is 16.5. The van der Waals surface area contributed by atoms with Crippen LogP contribution < -0.4 is 10.2 Å². The summed E-state index contributed by atoms with van der Waals surface area (Å²) in [4.78, 5) is 34.1. The molecule has 3 aromatic rings. The van der Waals surface area contributed by atoms with E-state index in [-0.39, 0.29) is 24.9 Å². The monoisotopic (exact) mass is 508 g/mol. The second kappa shape index (κ2) is 11.9. The number of carbonyl (C=O) groups is 2. The van der Waals surface area contributed by atoms with Gasteiger partial charge in [0.15, 0.2) is 0 Å². The van der Waals surface area contributed by atoms with Crippen molar-refractivity contribution in [2.24, 2.45) is 4.99 Å². The number of amides is 1. The summed E-state index contributed by atoms with van der Waals surface area (Å²) in [7, 11) is 2.14. The molecule has 0 saturated carbocycles. The minimum absolute atomic E-state index is 0.171. The Morgan fingerprint density at radius 3 is 2.29 bits per heavy atom. The number of aliphatic imine (C=N–C) groups is 1. The maximum atomic E-state index is 12.8. The summed E-state index contributed by atoms with van der Waals surface area (Å²) in [5, 5.41) is 2.92. The van der Waals surface area contributed by atoms with Gasteiger partial charge in [-0.3, -0.25) is 14.6 Å². The molecule has 0 aliphatic carbocycles. The predicted octanol–water partition coefficient (Wildman–Crippen LogP) is 3.95. The molecule has 2 aliphatic heterocycles. The molecule has 194 valence electrons. The summed E-state index contributed by atoms with van der Waals surface area (Å²) < 4.78 is 5.38. The molecule has 3 aromatic carbocycles. The van der Waals surface area contributed by atoms with Crippen molar-refractivity contribution in [2.75, 3.05) is 44.7 Å². The number of likely N-dealkylation sites (N-methyl/N-ethyl adjacent to an activating group) is 1. The second-order valence-corrected chi connectivity index (χ2v) is 9.68. The van der Waals surface area contributed by atoms with Crippen molar-refractivity contribution in [1.29, 1.82) is 0 Å². The normalized spacial score (nSPS) is 15.6. The van der Waals surface area contributed by atoms with E-state index >= 15 is 0 Å². The van der Waals surface area contributed by atoms with Crippen LogP contribution in [0.15, 0.2) is 89.9 Å². The first-order valence-corrected chi connectivity index (χ1v) is 12.9. The number of ether oxygens (including phenoxy) is 1. The third kappa shape index (κ3) is 6.55. The highest BCUT2D eigenvalue weighted by molar-refractivity contribution is 6.14. The first-order chi connectivity index (χ1) is 18.5. The molecule has 7 nitrogen and oxygen atoms in total. The van der Waals surface area contributed by atoms with E-state index in [1.54, 1.807) is 0 Å². The van der Waals surface area contributed by atoms with E-state index in [1.807, 2.05) is 84.9 Å². The van der Waals surface area contributed by atoms with E-state index in [9.17, 15) is 9.59 Å². The van der Waals surface area contributed by atoms with Crippen molar-refractivity contribution in [3.8, 4) is 0 Å². The van der Waals surface area contributed by atoms with Gasteiger partial charge in [0.25, 0.3) is 5.91 Å². The van der Waals surface area contributed by atoms with Crippen LogP contribution in [-0.4, -0.2) is 62.4 Å². The first kappa shape index (κ1) is 25.4. The molecule has 2 aliphatic rings. The molecule has 0 atom stereocenters. The molecule has 1 amide bonds. The number of amidine groups is 1. The van der Waals surface area contributed by atoms with Gasteiger partial charge in [-0.1, -0.05) is 54.6 Å². The minimum atomic E-state index is -0.258. The molecule has 0 spiro atoms. The van der Waals surface area contributed by atoms with E-state index in [2.05, 4.69) is 27.2 Å². The lowest BCUT2D eigenvalue weighted by molar-refractivity contribution is -0.144. The quantitative estimate of drug-likeness (QED) is 0.490. The van der Waals surface area contributed by atoms with E-state index in [4.69, 9.17) is 4.74 Å². The highest BCUT2D eigenvalue weighted by Crippen LogP contribution is 2.21. The number of benzene rings is 3. The van der Waals surface area contributed by atoms with Crippen LogP contribution in [0.1, 0.15) is 27.0 Å². The fourth-order valence-corrected chi connectivity index (χ4v) is 4.55. The van der Waals surface area contributed by atoms with Crippen LogP contribution in [-0.2, 0) is 22.6 Å². The topological polar surface area (TPSA) is 74.2 Å². The molecule has 1 N–H and O–H groups in total. The lowest BCUT2D eigenvalue weighted by Crippen LogP contribution is -2.44. The number of esters is 1. The Morgan fingerprint density at radius 2 is 1.58 bits per heavy atom. The predicted molar refractivity (Wildman–Crippen MR) is 150 cm³/mol. The number of rotatable bonds is 7. The molecule has 5 rings (SSSR count). The zero-order valence-electron chi connectivity index (χ0n) is 21.6. The number of nitrogens with zero attached hydrogens (tertiary/aromatic N) is 3. The third-order valence-electron chi connectivity index (χ3n) is 6.89. The second-order valence-electron chi connectivity index (χ2n) is 9.68. The fraction of sp³-hybridized carbons (Fsp3) is 0.258. The summed E-state index contributed by atoms with van der Waals surface area (Å²) in [6, 6.07) is 25.2. The molecule has 1 saturated heterocycles. The van der Waals surface area contributed by atoms with E-state index in [1.165, 1.54) is 0 Å². The molecule has 0 bridgehead atoms. The average molecular weight is 509 g/mol. The molecular weight excluding hydrogens is 476 g/mol. The number of nitrogens with one attached hydrogen (secondary N) is 1. The fourth-order valence-electron chi connectivity index (χ4n) is 4.55. The summed E-state index contributed by atoms with van der Waals surface area (Å²) in [6.45, 7) is 4.84. The van der Waals surface area contributed by atoms with E-state index in [0.29, 0.717) is 17.9 Å². The Bertz CT molecular complexity index is 1320. The first-order valence-electron chi connectivity index (χ1n) is 12.9. The smallest absolute Gasteiger partial charge is 0.310 e. The Morgan fingerprint density at radius 1 is 0.868 bits per heavy atom. The highest BCUT2D eigenvalue weighted by Gasteiger charge is 2.17. The Labute approximate surface area is 223 Å². The molecule has 0 unspecified atom stereocenters. The van der Waals surface area contributed by atoms with Crippen LogP contribution in [0, 0.1) is 0 Å². The van der Waals surface area contributed by atoms with Gasteiger partial charge < -0.3 is 19.9 Å². The maximum absolute atomic E-state index is 12.8. The molecule has 2 heterocycles. The Balaban J connectivity index is 1.11. The van der Waals surface area contributed by atoms with Gasteiger partial charge in [-0.2, -0.15) is 0 Å². The van der Waals surface area contributed by atoms with Crippen molar-refractivity contribution in [3.63, 3.8) is 0 Å². The van der Waals surface area contributed by atoms with Crippen LogP contribution in [0.4, 0.5) is 5.69 Å². The zero-order chi connectivity index (χ0) is 26.3. The lowest BCUT2D eigenvalue weighted by Gasteiger charge is -2.34. The summed E-state index contributed by atoms with van der Waals surface area (Å²) >= 11 is 0. The Kier molecular flexibility index (Phi) is 7.95. The van der Waals surface area contributed by atoms with Gasteiger partial charge in [0.05, 0.1) is 13.0 Å². The molecule has 38 heavy (non-hydrogen) atoms. The van der Waals surface area contributed by atoms with Crippen molar-refractivity contribution >= 4 is 29.0 Å². The van der Waals surface area contributed by atoms with Gasteiger partial charge >= 0.3 is 5.97 Å². The van der Waals surface area contributed by atoms with Gasteiger partial charge in [0.2, 0.25) is 0 Å². The zero-order valence-corrected chi connectivity index (χ0v) is 21.6. The van der Waals surface area contributed by atoms with Crippen LogP contribution in [0.5, 0.6) is 0 Å². The van der Waals surface area contributed by atoms with Gasteiger partial charge in [-0.05, 0) is 59.7 Å². The van der Waals surface area contributed by atoms with Crippen LogP contribution in [0.3, 0.4) is 0 Å². The molecular formula is C31H32N4O3. The standard InChI is InChI=1S/C31H32N4O3/c1-34-15-17-35(18-16-34)28-13-11-26(12-14-28)31(37)33-29-20-27(21-32-29)25-9-7-23(8-10-25)19-30(36)38-22-24-5-3-2-4-6-24/h2-14,20H,15-19,21-22H2,1H3,(H,32,33,37). The largest absolute Gasteiger partial charge is 0.461 e. The molecule has 0 aromatic heterocycles. The molecule has 0 radical (unpaired) electrons. The van der Waals surface area contributed by atoms with Crippen molar-refractivity contribution in [2.45, 2.75) is 13.0 Å². The van der Waals surface area contributed by atoms with Crippen molar-refractivity contribution in [1.82, 2.24) is 10.2 Å². The number of hydrogen-bond acceptors (Lipinski definition) is 6. The molecule has 1 fully saturated rings. The van der Waals surface area contributed by atoms with Gasteiger partial charge in [0, 0.05) is 37.4 Å². The minimum Gasteiger partial charge on any atom is -0.461 e. The van der Waals surface area contributed by atoms with Crippen LogP contribution in [0.25, 0.3) is 5.57 Å². The number of hydrogen-bond donors (Lipinski definition) is 1. The SMILES string of the molecule is CN1CCN(c2ccc(C(=O)NC3=NCC(c4ccc(CC(=O)OCc5ccccc5)cc4)=C3)cc2)CC1. The average Bonchev–Trinajstić information content (AvgIpc) is 3.42. The summed E-state index contributed by atoms with van der Waals surface area (Å²) in [5.74, 6) is 0.129. The number of carbonyl (C=O) groups excluding carboxylic acids is 2. The lowest BCUT2D eigenvalue weighted by atomic mass is 10.0. The number of piperazine rings is 1. The summed E-state index contributed by atoms with van der Waals surface area (Å²) in [6.07, 6.45) is 2.12. The number of anilines is 1. The Hall–Kier alpha value is -4.23. The van der Waals surface area contributed by atoms with Gasteiger partial charge in [-0.25, -0.2) is 0 Å².